The molecular formula is C14H13FN4O3. The smallest absolute Gasteiger partial charge is 0.395 e. The monoisotopic (exact) mass is 304 g/mol. The fraction of sp³-hybridized carbons (Fsp3) is 0.143. The minimum atomic E-state index is -1.03. The van der Waals surface area contributed by atoms with Gasteiger partial charge in [-0.3, -0.25) is 0 Å². The number of aromatic nitrogens is 2. The first-order chi connectivity index (χ1) is 10.5. The summed E-state index contributed by atoms with van der Waals surface area (Å²) >= 11 is 0. The minimum absolute atomic E-state index is 0.244. The van der Waals surface area contributed by atoms with Crippen LogP contribution in [-0.4, -0.2) is 41.5 Å². The Morgan fingerprint density at radius 3 is 2.68 bits per heavy atom. The number of halogens is 1. The van der Waals surface area contributed by atoms with Crippen molar-refractivity contribution in [1.29, 1.82) is 0 Å². The van der Waals surface area contributed by atoms with Crippen LogP contribution in [0.4, 0.5) is 15.0 Å². The predicted molar refractivity (Wildman–Crippen MR) is 76.9 cm³/mol. The zero-order valence-electron chi connectivity index (χ0n) is 11.9. The number of ether oxygens (including phenoxy) is 2. The van der Waals surface area contributed by atoms with Crippen LogP contribution >= 0.6 is 0 Å². The number of benzene rings is 1. The molecule has 114 valence electrons. The normalized spacial score (nSPS) is 10.5. The topological polar surface area (TPSA) is 76.9 Å². The maximum atomic E-state index is 13.5. The average Bonchev–Trinajstić information content (AvgIpc) is 2.48. The van der Waals surface area contributed by atoms with Gasteiger partial charge >= 0.3 is 12.2 Å². The van der Waals surface area contributed by atoms with E-state index >= 15 is 0 Å². The molecular weight excluding hydrogens is 291 g/mol. The first-order valence-electron chi connectivity index (χ1n) is 6.22. The molecule has 1 aromatic heterocycles. The molecule has 0 fully saturated rings. The van der Waals surface area contributed by atoms with Gasteiger partial charge in [-0.05, 0) is 12.1 Å². The second kappa shape index (κ2) is 7.11. The van der Waals surface area contributed by atoms with E-state index in [9.17, 15) is 9.18 Å². The summed E-state index contributed by atoms with van der Waals surface area (Å²) in [5.74, 6) is -0.673. The summed E-state index contributed by atoms with van der Waals surface area (Å²) in [6.07, 6.45) is 1.19. The second-order valence-electron chi connectivity index (χ2n) is 4.30. The molecule has 0 amide bonds. The SMILES string of the molecule is CN(C)C=Nc1nc(OC(=O)Oc2ccccc2)ncc1F. The fourth-order valence-corrected chi connectivity index (χ4v) is 1.33. The van der Waals surface area contributed by atoms with Crippen LogP contribution in [0.15, 0.2) is 41.5 Å². The van der Waals surface area contributed by atoms with E-state index in [2.05, 4.69) is 15.0 Å². The summed E-state index contributed by atoms with van der Waals surface area (Å²) in [4.78, 5) is 24.2. The van der Waals surface area contributed by atoms with Gasteiger partial charge in [0.1, 0.15) is 5.75 Å². The molecule has 0 radical (unpaired) electrons. The van der Waals surface area contributed by atoms with Gasteiger partial charge in [0, 0.05) is 14.1 Å². The highest BCUT2D eigenvalue weighted by Gasteiger charge is 2.12. The van der Waals surface area contributed by atoms with Crippen molar-refractivity contribution in [1.82, 2.24) is 14.9 Å². The van der Waals surface area contributed by atoms with E-state index in [0.717, 1.165) is 6.20 Å². The molecule has 0 saturated carbocycles. The minimum Gasteiger partial charge on any atom is -0.395 e. The molecule has 22 heavy (non-hydrogen) atoms. The van der Waals surface area contributed by atoms with E-state index in [0.29, 0.717) is 5.75 Å². The molecule has 0 spiro atoms. The molecule has 1 aromatic carbocycles. The Kier molecular flexibility index (Phi) is 4.97. The maximum absolute atomic E-state index is 13.5. The van der Waals surface area contributed by atoms with Crippen LogP contribution in [-0.2, 0) is 0 Å². The molecule has 2 aromatic rings. The van der Waals surface area contributed by atoms with Crippen LogP contribution in [0.2, 0.25) is 0 Å². The van der Waals surface area contributed by atoms with Crippen LogP contribution < -0.4 is 9.47 Å². The first kappa shape index (κ1) is 15.4. The lowest BCUT2D eigenvalue weighted by atomic mass is 10.3. The van der Waals surface area contributed by atoms with Crippen molar-refractivity contribution in [3.63, 3.8) is 0 Å². The molecule has 0 aliphatic heterocycles. The van der Waals surface area contributed by atoms with Crippen LogP contribution in [0.25, 0.3) is 0 Å². The summed E-state index contributed by atoms with van der Waals surface area (Å²) in [6, 6.07) is 7.99. The van der Waals surface area contributed by atoms with Crippen molar-refractivity contribution in [3.05, 3.63) is 42.3 Å². The second-order valence-corrected chi connectivity index (χ2v) is 4.30. The molecule has 0 saturated heterocycles. The van der Waals surface area contributed by atoms with Gasteiger partial charge in [-0.2, -0.15) is 4.98 Å². The molecule has 0 aliphatic carbocycles. The Balaban J connectivity index is 2.06. The van der Waals surface area contributed by atoms with Crippen LogP contribution in [0.5, 0.6) is 11.8 Å². The zero-order valence-corrected chi connectivity index (χ0v) is 11.9. The largest absolute Gasteiger partial charge is 0.521 e. The molecule has 0 N–H and O–H groups in total. The highest BCUT2D eigenvalue weighted by atomic mass is 19.1. The van der Waals surface area contributed by atoms with Crippen molar-refractivity contribution in [2.24, 2.45) is 4.99 Å². The van der Waals surface area contributed by atoms with Crippen molar-refractivity contribution in [2.45, 2.75) is 0 Å². The lowest BCUT2D eigenvalue weighted by Crippen LogP contribution is -2.15. The van der Waals surface area contributed by atoms with E-state index in [1.54, 1.807) is 49.3 Å². The van der Waals surface area contributed by atoms with E-state index in [-0.39, 0.29) is 11.8 Å². The summed E-state index contributed by atoms with van der Waals surface area (Å²) in [6.45, 7) is 0. The van der Waals surface area contributed by atoms with Crippen molar-refractivity contribution in [2.75, 3.05) is 14.1 Å². The highest BCUT2D eigenvalue weighted by molar-refractivity contribution is 5.66. The molecule has 7 nitrogen and oxygen atoms in total. The maximum Gasteiger partial charge on any atom is 0.521 e. The number of para-hydroxylation sites is 1. The molecule has 0 unspecified atom stereocenters. The third kappa shape index (κ3) is 4.51. The number of carbonyl (C=O) groups is 1. The van der Waals surface area contributed by atoms with Gasteiger partial charge in [-0.25, -0.2) is 19.2 Å². The van der Waals surface area contributed by atoms with Crippen LogP contribution in [0.3, 0.4) is 0 Å². The summed E-state index contributed by atoms with van der Waals surface area (Å²) in [5, 5.41) is 0. The van der Waals surface area contributed by atoms with Gasteiger partial charge in [0.05, 0.1) is 12.5 Å². The van der Waals surface area contributed by atoms with Gasteiger partial charge in [0.25, 0.3) is 0 Å². The summed E-state index contributed by atoms with van der Waals surface area (Å²) < 4.78 is 23.2. The zero-order chi connectivity index (χ0) is 15.9. The predicted octanol–water partition coefficient (Wildman–Crippen LogP) is 2.41. The Morgan fingerprint density at radius 2 is 2.00 bits per heavy atom. The fourth-order valence-electron chi connectivity index (χ4n) is 1.33. The average molecular weight is 304 g/mol. The number of rotatable bonds is 4. The number of hydrogen-bond acceptors (Lipinski definition) is 6. The third-order valence-electron chi connectivity index (χ3n) is 2.23. The van der Waals surface area contributed by atoms with Crippen molar-refractivity contribution >= 4 is 18.3 Å². The number of nitrogens with zero attached hydrogens (tertiary/aromatic N) is 4. The summed E-state index contributed by atoms with van der Waals surface area (Å²) in [5.41, 5.74) is 0. The lowest BCUT2D eigenvalue weighted by molar-refractivity contribution is 0.147. The van der Waals surface area contributed by atoms with Crippen LogP contribution in [0.1, 0.15) is 0 Å². The Morgan fingerprint density at radius 1 is 1.27 bits per heavy atom. The van der Waals surface area contributed by atoms with Gasteiger partial charge in [-0.15, -0.1) is 0 Å². The van der Waals surface area contributed by atoms with E-state index in [1.807, 2.05) is 0 Å². The summed E-state index contributed by atoms with van der Waals surface area (Å²) in [7, 11) is 3.44. The first-order valence-corrected chi connectivity index (χ1v) is 6.22. The van der Waals surface area contributed by atoms with Gasteiger partial charge < -0.3 is 14.4 Å². The van der Waals surface area contributed by atoms with Crippen molar-refractivity contribution < 1.29 is 18.7 Å². The molecule has 0 aliphatic rings. The van der Waals surface area contributed by atoms with E-state index < -0.39 is 12.0 Å². The lowest BCUT2D eigenvalue weighted by Gasteiger charge is -2.05. The molecule has 8 heteroatoms. The quantitative estimate of drug-likeness (QED) is 0.373. The van der Waals surface area contributed by atoms with Gasteiger partial charge in [0.15, 0.2) is 11.6 Å². The van der Waals surface area contributed by atoms with E-state index in [1.165, 1.54) is 6.34 Å². The third-order valence-corrected chi connectivity index (χ3v) is 2.23. The molecule has 0 bridgehead atoms. The molecule has 1 heterocycles. The molecule has 2 rings (SSSR count). The highest BCUT2D eigenvalue weighted by Crippen LogP contribution is 2.17. The van der Waals surface area contributed by atoms with Crippen molar-refractivity contribution in [3.8, 4) is 11.8 Å². The van der Waals surface area contributed by atoms with Crippen LogP contribution in [0, 0.1) is 5.82 Å². The van der Waals surface area contributed by atoms with Gasteiger partial charge in [0.2, 0.25) is 0 Å². The molecule has 0 atom stereocenters. The number of hydrogen-bond donors (Lipinski definition) is 0. The number of aliphatic imine (C=N–C) groups is 1. The van der Waals surface area contributed by atoms with E-state index in [4.69, 9.17) is 9.47 Å². The Bertz CT molecular complexity index is 677. The number of carbonyl (C=O) groups excluding carboxylic acids is 1. The Labute approximate surface area is 126 Å². The standard InChI is InChI=1S/C14H13FN4O3/c1-19(2)9-17-12-11(15)8-16-13(18-12)22-14(20)21-10-6-4-3-5-7-10/h3-9H,1-2H3. The Hall–Kier alpha value is -3.03. The van der Waals surface area contributed by atoms with Gasteiger partial charge in [-0.1, -0.05) is 18.2 Å².